The van der Waals surface area contributed by atoms with Gasteiger partial charge in [-0.05, 0) is 18.5 Å². The second kappa shape index (κ2) is 5.17. The number of nitrogens with zero attached hydrogens (tertiary/aromatic N) is 3. The number of ether oxygens (including phenoxy) is 2. The van der Waals surface area contributed by atoms with Crippen molar-refractivity contribution in [1.29, 1.82) is 0 Å². The third-order valence-electron chi connectivity index (χ3n) is 3.10. The van der Waals surface area contributed by atoms with E-state index in [0.717, 1.165) is 11.4 Å². The lowest BCUT2D eigenvalue weighted by Gasteiger charge is -2.20. The predicted octanol–water partition coefficient (Wildman–Crippen LogP) is 1.98. The van der Waals surface area contributed by atoms with Crippen molar-refractivity contribution >= 4 is 11.5 Å². The first-order chi connectivity index (χ1) is 8.90. The van der Waals surface area contributed by atoms with Gasteiger partial charge in [-0.1, -0.05) is 0 Å². The molecule has 1 aliphatic heterocycles. The van der Waals surface area contributed by atoms with E-state index in [2.05, 4.69) is 13.9 Å². The fraction of sp³-hybridized carbons (Fsp3) is 0.500. The molecule has 2 aromatic heterocycles. The molecule has 0 saturated carbocycles. The second-order valence-electron chi connectivity index (χ2n) is 4.17. The molecule has 0 radical (unpaired) electrons. The molecule has 0 aliphatic carbocycles. The van der Waals surface area contributed by atoms with Crippen molar-refractivity contribution < 1.29 is 9.47 Å². The van der Waals surface area contributed by atoms with E-state index in [1.807, 2.05) is 30.9 Å². The zero-order valence-corrected chi connectivity index (χ0v) is 11.0. The Labute approximate surface area is 110 Å². The second-order valence-corrected chi connectivity index (χ2v) is 4.83. The molecule has 1 saturated heterocycles. The Kier molecular flexibility index (Phi) is 3.40. The first-order valence-electron chi connectivity index (χ1n) is 6.02. The molecule has 3 heterocycles. The van der Waals surface area contributed by atoms with Crippen LogP contribution in [0.15, 0.2) is 24.0 Å². The number of rotatable bonds is 4. The Morgan fingerprint density at radius 3 is 3.28 bits per heavy atom. The van der Waals surface area contributed by atoms with Gasteiger partial charge in [0, 0.05) is 29.9 Å². The first kappa shape index (κ1) is 11.8. The molecule has 0 bridgehead atoms. The van der Waals surface area contributed by atoms with Gasteiger partial charge in [-0.15, -0.1) is 0 Å². The Balaban J connectivity index is 1.90. The molecule has 5 nitrogen and oxygen atoms in total. The van der Waals surface area contributed by atoms with E-state index >= 15 is 0 Å². The molecule has 0 unspecified atom stereocenters. The molecule has 0 amide bonds. The maximum Gasteiger partial charge on any atom is 0.142 e. The standard InChI is InChI=1S/C12H15N3O2S/c1-2-17-11-7-16-6-10(11)15-4-3-13-12(15)9-5-14-18-8-9/h3-5,8,10-11H,2,6-7H2,1H3/t10-,11-/m0/s1. The molecule has 0 spiro atoms. The van der Waals surface area contributed by atoms with Gasteiger partial charge >= 0.3 is 0 Å². The van der Waals surface area contributed by atoms with Crippen molar-refractivity contribution in [3.05, 3.63) is 24.0 Å². The number of imidazole rings is 1. The third-order valence-corrected chi connectivity index (χ3v) is 3.68. The summed E-state index contributed by atoms with van der Waals surface area (Å²) in [5, 5.41) is 2.00. The van der Waals surface area contributed by atoms with E-state index in [-0.39, 0.29) is 12.1 Å². The molecule has 1 aliphatic rings. The Bertz CT molecular complexity index is 497. The molecule has 18 heavy (non-hydrogen) atoms. The van der Waals surface area contributed by atoms with E-state index in [9.17, 15) is 0 Å². The quantitative estimate of drug-likeness (QED) is 0.848. The van der Waals surface area contributed by atoms with Crippen LogP contribution in [0.3, 0.4) is 0 Å². The fourth-order valence-electron chi connectivity index (χ4n) is 2.28. The molecular formula is C12H15N3O2S. The Hall–Kier alpha value is -1.24. The van der Waals surface area contributed by atoms with E-state index in [0.29, 0.717) is 19.8 Å². The van der Waals surface area contributed by atoms with E-state index < -0.39 is 0 Å². The highest BCUT2D eigenvalue weighted by atomic mass is 32.1. The Morgan fingerprint density at radius 1 is 1.56 bits per heavy atom. The third kappa shape index (κ3) is 2.07. The van der Waals surface area contributed by atoms with Crippen molar-refractivity contribution in [2.75, 3.05) is 19.8 Å². The summed E-state index contributed by atoms with van der Waals surface area (Å²) in [6.45, 7) is 4.03. The van der Waals surface area contributed by atoms with Crippen LogP contribution in [0.4, 0.5) is 0 Å². The summed E-state index contributed by atoms with van der Waals surface area (Å²) >= 11 is 1.43. The summed E-state index contributed by atoms with van der Waals surface area (Å²) in [6, 6.07) is 0.197. The van der Waals surface area contributed by atoms with Crippen LogP contribution in [0.2, 0.25) is 0 Å². The van der Waals surface area contributed by atoms with Crippen LogP contribution in [0, 0.1) is 0 Å². The minimum Gasteiger partial charge on any atom is -0.376 e. The highest BCUT2D eigenvalue weighted by molar-refractivity contribution is 7.03. The lowest BCUT2D eigenvalue weighted by atomic mass is 10.2. The summed E-state index contributed by atoms with van der Waals surface area (Å²) < 4.78 is 17.5. The van der Waals surface area contributed by atoms with Crippen molar-refractivity contribution in [2.24, 2.45) is 0 Å². The summed E-state index contributed by atoms with van der Waals surface area (Å²) in [5.41, 5.74) is 1.05. The molecule has 0 aromatic carbocycles. The zero-order chi connectivity index (χ0) is 12.4. The smallest absolute Gasteiger partial charge is 0.142 e. The highest BCUT2D eigenvalue weighted by Crippen LogP contribution is 2.28. The molecule has 0 N–H and O–H groups in total. The van der Waals surface area contributed by atoms with Crippen molar-refractivity contribution in [3.8, 4) is 11.4 Å². The lowest BCUT2D eigenvalue weighted by Crippen LogP contribution is -2.25. The van der Waals surface area contributed by atoms with E-state index in [4.69, 9.17) is 9.47 Å². The van der Waals surface area contributed by atoms with Gasteiger partial charge in [-0.25, -0.2) is 9.36 Å². The van der Waals surface area contributed by atoms with Gasteiger partial charge in [0.25, 0.3) is 0 Å². The van der Waals surface area contributed by atoms with Gasteiger partial charge in [-0.2, -0.15) is 0 Å². The van der Waals surface area contributed by atoms with E-state index in [1.54, 1.807) is 0 Å². The van der Waals surface area contributed by atoms with Crippen LogP contribution in [-0.2, 0) is 9.47 Å². The molecule has 2 atom stereocenters. The highest BCUT2D eigenvalue weighted by Gasteiger charge is 2.31. The SMILES string of the molecule is CCO[C@H]1COC[C@@H]1n1ccnc1-c1cnsc1. The number of hydrogen-bond acceptors (Lipinski definition) is 5. The first-order valence-corrected chi connectivity index (χ1v) is 6.85. The maximum atomic E-state index is 5.72. The molecule has 96 valence electrons. The topological polar surface area (TPSA) is 49.2 Å². The fourth-order valence-corrected chi connectivity index (χ4v) is 2.79. The summed E-state index contributed by atoms with van der Waals surface area (Å²) in [5.74, 6) is 0.934. The van der Waals surface area contributed by atoms with Crippen LogP contribution < -0.4 is 0 Å². The molecule has 6 heteroatoms. The number of hydrogen-bond donors (Lipinski definition) is 0. The van der Waals surface area contributed by atoms with Crippen molar-refractivity contribution in [3.63, 3.8) is 0 Å². The summed E-state index contributed by atoms with van der Waals surface area (Å²) in [6.07, 6.45) is 5.75. The van der Waals surface area contributed by atoms with Crippen molar-refractivity contribution in [2.45, 2.75) is 19.1 Å². The molecule has 1 fully saturated rings. The van der Waals surface area contributed by atoms with Gasteiger partial charge < -0.3 is 14.0 Å². The lowest BCUT2D eigenvalue weighted by molar-refractivity contribution is 0.0364. The van der Waals surface area contributed by atoms with Crippen LogP contribution >= 0.6 is 11.5 Å². The normalized spacial score (nSPS) is 23.6. The van der Waals surface area contributed by atoms with Crippen LogP contribution in [0.1, 0.15) is 13.0 Å². The van der Waals surface area contributed by atoms with Gasteiger partial charge in [0.1, 0.15) is 11.9 Å². The van der Waals surface area contributed by atoms with E-state index in [1.165, 1.54) is 11.5 Å². The van der Waals surface area contributed by atoms with Crippen LogP contribution in [0.25, 0.3) is 11.4 Å². The molecule has 3 rings (SSSR count). The molecular weight excluding hydrogens is 250 g/mol. The largest absolute Gasteiger partial charge is 0.376 e. The maximum absolute atomic E-state index is 5.72. The van der Waals surface area contributed by atoms with Crippen molar-refractivity contribution in [1.82, 2.24) is 13.9 Å². The monoisotopic (exact) mass is 265 g/mol. The zero-order valence-electron chi connectivity index (χ0n) is 10.2. The van der Waals surface area contributed by atoms with Gasteiger partial charge in [-0.3, -0.25) is 0 Å². The van der Waals surface area contributed by atoms with Gasteiger partial charge in [0.05, 0.1) is 25.5 Å². The number of aromatic nitrogens is 3. The van der Waals surface area contributed by atoms with Crippen LogP contribution in [0.5, 0.6) is 0 Å². The average molecular weight is 265 g/mol. The molecule has 2 aromatic rings. The summed E-state index contributed by atoms with van der Waals surface area (Å²) in [4.78, 5) is 4.42. The van der Waals surface area contributed by atoms with Gasteiger partial charge in [0.15, 0.2) is 0 Å². The minimum absolute atomic E-state index is 0.106. The van der Waals surface area contributed by atoms with Gasteiger partial charge in [0.2, 0.25) is 0 Å². The minimum atomic E-state index is 0.106. The van der Waals surface area contributed by atoms with Crippen LogP contribution in [-0.4, -0.2) is 39.8 Å². The average Bonchev–Trinajstić information content (AvgIpc) is 3.10. The predicted molar refractivity (Wildman–Crippen MR) is 68.6 cm³/mol. The summed E-state index contributed by atoms with van der Waals surface area (Å²) in [7, 11) is 0. The Morgan fingerprint density at radius 2 is 2.50 bits per heavy atom.